The lowest BCUT2D eigenvalue weighted by atomic mass is 9.91. The van der Waals surface area contributed by atoms with E-state index in [0.29, 0.717) is 36.8 Å². The van der Waals surface area contributed by atoms with Gasteiger partial charge in [0.2, 0.25) is 21.8 Å². The summed E-state index contributed by atoms with van der Waals surface area (Å²) in [6.45, 7) is 3.79. The second-order valence-electron chi connectivity index (χ2n) is 15.6. The van der Waals surface area contributed by atoms with Crippen molar-refractivity contribution in [3.05, 3.63) is 77.1 Å². The Hall–Kier alpha value is -4.26. The molecule has 3 fully saturated rings. The molecular weight excluding hydrogens is 688 g/mol. The van der Waals surface area contributed by atoms with Crippen LogP contribution in [-0.2, 0) is 42.2 Å². The number of fused-ring (bicyclic) bond motifs is 3. The van der Waals surface area contributed by atoms with E-state index in [1.807, 2.05) is 43.3 Å². The van der Waals surface area contributed by atoms with Crippen molar-refractivity contribution >= 4 is 39.4 Å². The summed E-state index contributed by atoms with van der Waals surface area (Å²) in [4.78, 5) is 59.0. The van der Waals surface area contributed by atoms with Crippen molar-refractivity contribution in [1.29, 1.82) is 0 Å². The van der Waals surface area contributed by atoms with E-state index in [2.05, 4.69) is 10.0 Å². The number of halogens is 1. The van der Waals surface area contributed by atoms with Crippen LogP contribution >= 0.6 is 0 Å². The van der Waals surface area contributed by atoms with Crippen molar-refractivity contribution in [3.63, 3.8) is 0 Å². The second kappa shape index (κ2) is 13.9. The van der Waals surface area contributed by atoms with Crippen LogP contribution < -0.4 is 10.0 Å². The SMILES string of the molecule is Cc1ccc(N[C@H]2CCCCC/C=C\[C@@H]3C[C@@]3(C(=O)NS(=O)(=O)C3(C)CC3)CC(=O)[C@@H]3C[C@@H](OC(=O)N4Cc5cccc(F)c5C4)CN3C2=O)cc1. The average Bonchev–Trinajstić information content (AvgIpc) is 3.90. The van der Waals surface area contributed by atoms with E-state index in [1.165, 1.54) is 15.9 Å². The normalized spacial score (nSPS) is 29.1. The maximum Gasteiger partial charge on any atom is 0.410 e. The topological polar surface area (TPSA) is 142 Å². The van der Waals surface area contributed by atoms with Gasteiger partial charge in [-0.05, 0) is 82.1 Å². The predicted octanol–water partition coefficient (Wildman–Crippen LogP) is 5.52. The molecule has 2 aromatic carbocycles. The molecule has 3 heterocycles. The fourth-order valence-electron chi connectivity index (χ4n) is 7.87. The van der Waals surface area contributed by atoms with Gasteiger partial charge in [0.25, 0.3) is 0 Å². The first-order chi connectivity index (χ1) is 24.8. The first-order valence-electron chi connectivity index (χ1n) is 18.4. The van der Waals surface area contributed by atoms with Gasteiger partial charge in [-0.25, -0.2) is 17.6 Å². The Labute approximate surface area is 304 Å². The largest absolute Gasteiger partial charge is 0.444 e. The molecule has 0 spiro atoms. The number of Topliss-reactive ketones (excluding diaryl/α,β-unsaturated/α-hetero) is 1. The van der Waals surface area contributed by atoms with Gasteiger partial charge in [0.1, 0.15) is 18.0 Å². The second-order valence-corrected chi connectivity index (χ2v) is 17.8. The lowest BCUT2D eigenvalue weighted by Gasteiger charge is -2.30. The highest BCUT2D eigenvalue weighted by Gasteiger charge is 2.62. The molecule has 0 unspecified atom stereocenters. The smallest absolute Gasteiger partial charge is 0.410 e. The molecule has 7 rings (SSSR count). The maximum absolute atomic E-state index is 14.5. The quantitative estimate of drug-likeness (QED) is 0.370. The summed E-state index contributed by atoms with van der Waals surface area (Å²) in [5.41, 5.74) is 1.70. The minimum atomic E-state index is -3.94. The van der Waals surface area contributed by atoms with Crippen molar-refractivity contribution in [2.24, 2.45) is 11.3 Å². The highest BCUT2D eigenvalue weighted by Crippen LogP contribution is 2.57. The molecule has 2 saturated carbocycles. The number of allylic oxidation sites excluding steroid dienone is 2. The Morgan fingerprint density at radius 3 is 2.52 bits per heavy atom. The molecule has 11 nitrogen and oxygen atoms in total. The maximum atomic E-state index is 14.5. The zero-order chi connectivity index (χ0) is 36.8. The highest BCUT2D eigenvalue weighted by molar-refractivity contribution is 7.91. The van der Waals surface area contributed by atoms with Gasteiger partial charge in [-0.15, -0.1) is 0 Å². The number of carbonyl (C=O) groups excluding carboxylic acids is 4. The van der Waals surface area contributed by atoms with E-state index in [9.17, 15) is 32.0 Å². The standard InChI is InChI=1S/C39H47FN4O7S/c1-25-13-15-28(16-14-25)41-32-12-7-5-3-4-6-10-27-20-39(27,36(47)42-52(49,50)38(2)17-18-38)21-34(45)33-19-29(23-44(33)35(32)46)51-37(48)43-22-26-9-8-11-31(40)30(26)24-43/h6,8-11,13-16,27,29,32-33,41H,3-5,7,12,17-24H2,1-2H3,(H,42,47)/b10-6-/t27-,29-,32+,33+,39-/m1/s1. The molecule has 0 aromatic heterocycles. The molecule has 5 aliphatic rings. The molecule has 2 N–H and O–H groups in total. The number of sulfonamides is 1. The third kappa shape index (κ3) is 7.20. The van der Waals surface area contributed by atoms with E-state index in [0.717, 1.165) is 36.9 Å². The zero-order valence-electron chi connectivity index (χ0n) is 29.7. The zero-order valence-corrected chi connectivity index (χ0v) is 30.6. The van der Waals surface area contributed by atoms with Gasteiger partial charge in [-0.3, -0.25) is 24.0 Å². The van der Waals surface area contributed by atoms with Crippen LogP contribution in [0.2, 0.25) is 0 Å². The molecule has 3 aliphatic heterocycles. The number of ketones is 1. The number of hydrogen-bond donors (Lipinski definition) is 2. The lowest BCUT2D eigenvalue weighted by molar-refractivity contribution is -0.139. The van der Waals surface area contributed by atoms with E-state index in [-0.39, 0.29) is 50.1 Å². The predicted molar refractivity (Wildman–Crippen MR) is 192 cm³/mol. The molecule has 278 valence electrons. The van der Waals surface area contributed by atoms with Gasteiger partial charge < -0.3 is 15.0 Å². The molecule has 2 aliphatic carbocycles. The summed E-state index contributed by atoms with van der Waals surface area (Å²) in [6, 6.07) is 10.8. The Kier molecular flexibility index (Phi) is 9.68. The Balaban J connectivity index is 1.15. The molecule has 0 bridgehead atoms. The van der Waals surface area contributed by atoms with E-state index in [4.69, 9.17) is 4.74 Å². The number of nitrogens with one attached hydrogen (secondary N) is 2. The van der Waals surface area contributed by atoms with Crippen LogP contribution in [0.15, 0.2) is 54.6 Å². The van der Waals surface area contributed by atoms with Crippen LogP contribution in [0.25, 0.3) is 0 Å². The summed E-state index contributed by atoms with van der Waals surface area (Å²) >= 11 is 0. The van der Waals surface area contributed by atoms with E-state index in [1.54, 1.807) is 19.1 Å². The summed E-state index contributed by atoms with van der Waals surface area (Å²) in [6.07, 6.45) is 7.21. The molecule has 2 aromatic rings. The molecule has 1 saturated heterocycles. The molecule has 13 heteroatoms. The number of carbonyl (C=O) groups is 4. The lowest BCUT2D eigenvalue weighted by Crippen LogP contribution is -2.49. The van der Waals surface area contributed by atoms with Crippen molar-refractivity contribution in [1.82, 2.24) is 14.5 Å². The van der Waals surface area contributed by atoms with Crippen LogP contribution in [-0.4, -0.2) is 71.4 Å². The number of ether oxygens (including phenoxy) is 1. The van der Waals surface area contributed by atoms with Crippen molar-refractivity contribution in [2.75, 3.05) is 11.9 Å². The summed E-state index contributed by atoms with van der Waals surface area (Å²) in [7, 11) is -3.94. The minimum absolute atomic E-state index is 0.0251. The van der Waals surface area contributed by atoms with Crippen molar-refractivity contribution in [3.8, 4) is 0 Å². The van der Waals surface area contributed by atoms with Crippen LogP contribution in [0.1, 0.15) is 87.8 Å². The summed E-state index contributed by atoms with van der Waals surface area (Å²) < 4.78 is 47.9. The molecule has 3 amide bonds. The monoisotopic (exact) mass is 734 g/mol. The third-order valence-corrected chi connectivity index (χ3v) is 13.9. The number of benzene rings is 2. The molecule has 5 atom stereocenters. The van der Waals surface area contributed by atoms with Crippen molar-refractivity contribution in [2.45, 2.75) is 114 Å². The summed E-state index contributed by atoms with van der Waals surface area (Å²) in [5, 5.41) is 3.38. The van der Waals surface area contributed by atoms with Crippen LogP contribution in [0.5, 0.6) is 0 Å². The fraction of sp³-hybridized carbons (Fsp3) is 0.538. The number of hydrogen-bond acceptors (Lipinski definition) is 8. The number of amides is 3. The van der Waals surface area contributed by atoms with E-state index >= 15 is 0 Å². The van der Waals surface area contributed by atoms with Gasteiger partial charge in [0, 0.05) is 30.6 Å². The van der Waals surface area contributed by atoms with Gasteiger partial charge in [-0.1, -0.05) is 54.8 Å². The Morgan fingerprint density at radius 2 is 1.79 bits per heavy atom. The Morgan fingerprint density at radius 1 is 1.02 bits per heavy atom. The van der Waals surface area contributed by atoms with Gasteiger partial charge in [0.15, 0.2) is 5.78 Å². The van der Waals surface area contributed by atoms with Crippen LogP contribution in [0.4, 0.5) is 14.9 Å². The Bertz CT molecular complexity index is 1900. The molecule has 52 heavy (non-hydrogen) atoms. The fourth-order valence-corrected chi connectivity index (χ4v) is 9.20. The van der Waals surface area contributed by atoms with Gasteiger partial charge in [-0.2, -0.15) is 0 Å². The first-order valence-corrected chi connectivity index (χ1v) is 19.9. The highest BCUT2D eigenvalue weighted by atomic mass is 32.2. The number of aryl methyl sites for hydroxylation is 1. The van der Waals surface area contributed by atoms with E-state index < -0.39 is 56.2 Å². The molecular formula is C39H47FN4O7S. The van der Waals surface area contributed by atoms with Crippen LogP contribution in [0.3, 0.4) is 0 Å². The minimum Gasteiger partial charge on any atom is -0.444 e. The van der Waals surface area contributed by atoms with Crippen LogP contribution in [0, 0.1) is 24.1 Å². The number of rotatable bonds is 6. The first kappa shape index (κ1) is 36.1. The van der Waals surface area contributed by atoms with Gasteiger partial charge in [0.05, 0.1) is 29.3 Å². The molecule has 0 radical (unpaired) electrons. The number of nitrogens with zero attached hydrogens (tertiary/aromatic N) is 2. The van der Waals surface area contributed by atoms with Crippen molar-refractivity contribution < 1.29 is 36.7 Å². The van der Waals surface area contributed by atoms with Gasteiger partial charge >= 0.3 is 6.09 Å². The summed E-state index contributed by atoms with van der Waals surface area (Å²) in [5.74, 6) is -2.10. The average molecular weight is 735 g/mol. The number of anilines is 1. The third-order valence-electron chi connectivity index (χ3n) is 11.7.